The molecule has 84 valence electrons. The normalized spacial score (nSPS) is 12.6. The summed E-state index contributed by atoms with van der Waals surface area (Å²) in [6, 6.07) is 0. The van der Waals surface area contributed by atoms with Crippen molar-refractivity contribution in [3.63, 3.8) is 0 Å². The molecule has 1 N–H and O–H groups in total. The van der Waals surface area contributed by atoms with Crippen LogP contribution < -0.4 is 24.9 Å². The van der Waals surface area contributed by atoms with E-state index >= 15 is 0 Å². The SMILES string of the molecule is O=C(CP(=O)([O-])[O-])NCCP(=O)([O-])[O-]. The zero-order chi connectivity index (χ0) is 11.4. The zero-order valence-corrected chi connectivity index (χ0v) is 8.66. The van der Waals surface area contributed by atoms with Crippen molar-refractivity contribution in [2.24, 2.45) is 0 Å². The Bertz CT molecular complexity index is 290. The van der Waals surface area contributed by atoms with Gasteiger partial charge in [0.25, 0.3) is 0 Å². The Kier molecular flexibility index (Phi) is 4.94. The van der Waals surface area contributed by atoms with Crippen LogP contribution in [-0.2, 0) is 13.9 Å². The molecule has 0 rings (SSSR count). The van der Waals surface area contributed by atoms with Crippen LogP contribution in [0.3, 0.4) is 0 Å². The highest BCUT2D eigenvalue weighted by Crippen LogP contribution is 2.22. The van der Waals surface area contributed by atoms with Crippen LogP contribution in [0.2, 0.25) is 0 Å². The maximum Gasteiger partial charge on any atom is 0.225 e. The monoisotopic (exact) mass is 243 g/mol. The Morgan fingerprint density at radius 2 is 1.57 bits per heavy atom. The molecule has 0 radical (unpaired) electrons. The maximum absolute atomic E-state index is 10.6. The Hall–Kier alpha value is -0.230. The molecule has 0 aromatic rings. The van der Waals surface area contributed by atoms with E-state index < -0.39 is 40.0 Å². The number of hydrogen-bond acceptors (Lipinski definition) is 7. The van der Waals surface area contributed by atoms with E-state index in [4.69, 9.17) is 0 Å². The molecular weight excluding hydrogens is 236 g/mol. The minimum atomic E-state index is -4.94. The first-order chi connectivity index (χ1) is 6.10. The number of hydrogen-bond donors (Lipinski definition) is 1. The van der Waals surface area contributed by atoms with Gasteiger partial charge in [-0.2, -0.15) is 0 Å². The predicted molar refractivity (Wildman–Crippen MR) is 38.0 cm³/mol. The zero-order valence-electron chi connectivity index (χ0n) is 6.87. The van der Waals surface area contributed by atoms with E-state index in [9.17, 15) is 33.5 Å². The molecule has 0 saturated carbocycles. The molecular formula is C4H7NO7P2-4. The molecule has 0 aromatic carbocycles. The molecule has 14 heavy (non-hydrogen) atoms. The van der Waals surface area contributed by atoms with E-state index in [-0.39, 0.29) is 0 Å². The Balaban J connectivity index is 3.77. The minimum absolute atomic E-state index is 0.497. The van der Waals surface area contributed by atoms with Crippen LogP contribution in [0, 0.1) is 0 Å². The molecule has 0 aromatic heterocycles. The van der Waals surface area contributed by atoms with Crippen molar-refractivity contribution in [1.82, 2.24) is 5.32 Å². The lowest BCUT2D eigenvalue weighted by Gasteiger charge is -2.30. The molecule has 0 fully saturated rings. The highest BCUT2D eigenvalue weighted by Gasteiger charge is 2.03. The van der Waals surface area contributed by atoms with Crippen molar-refractivity contribution < 1.29 is 33.5 Å². The van der Waals surface area contributed by atoms with Crippen molar-refractivity contribution >= 4 is 21.1 Å². The molecule has 0 saturated heterocycles. The first kappa shape index (κ1) is 13.8. The third-order valence-electron chi connectivity index (χ3n) is 1.05. The van der Waals surface area contributed by atoms with Gasteiger partial charge in [-0.05, 0) is 6.16 Å². The van der Waals surface area contributed by atoms with E-state index in [1.807, 2.05) is 5.32 Å². The van der Waals surface area contributed by atoms with Gasteiger partial charge in [-0.3, -0.25) is 4.79 Å². The minimum Gasteiger partial charge on any atom is -0.811 e. The summed E-state index contributed by atoms with van der Waals surface area (Å²) in [5.41, 5.74) is 0. The molecule has 0 aliphatic heterocycles. The highest BCUT2D eigenvalue weighted by atomic mass is 31.2. The first-order valence-corrected chi connectivity index (χ1v) is 6.84. The number of nitrogens with one attached hydrogen (secondary N) is 1. The van der Waals surface area contributed by atoms with Crippen LogP contribution in [-0.4, -0.2) is 24.8 Å². The lowest BCUT2D eigenvalue weighted by Crippen LogP contribution is -2.34. The van der Waals surface area contributed by atoms with Gasteiger partial charge in [-0.1, -0.05) is 15.2 Å². The third kappa shape index (κ3) is 9.85. The summed E-state index contributed by atoms with van der Waals surface area (Å²) in [6.07, 6.45) is -2.06. The molecule has 0 aliphatic rings. The highest BCUT2D eigenvalue weighted by molar-refractivity contribution is 7.50. The van der Waals surface area contributed by atoms with Crippen molar-refractivity contribution in [3.05, 3.63) is 0 Å². The smallest absolute Gasteiger partial charge is 0.225 e. The summed E-state index contributed by atoms with van der Waals surface area (Å²) in [4.78, 5) is 50.7. The van der Waals surface area contributed by atoms with Crippen LogP contribution in [0.25, 0.3) is 0 Å². The fourth-order valence-corrected chi connectivity index (χ4v) is 1.41. The fraction of sp³-hybridized carbons (Fsp3) is 0.750. The van der Waals surface area contributed by atoms with Crippen molar-refractivity contribution in [2.45, 2.75) is 0 Å². The maximum atomic E-state index is 10.6. The molecule has 0 atom stereocenters. The van der Waals surface area contributed by atoms with E-state index in [0.717, 1.165) is 0 Å². The summed E-state index contributed by atoms with van der Waals surface area (Å²) in [5.74, 6) is -1.12. The van der Waals surface area contributed by atoms with Gasteiger partial charge in [0.1, 0.15) is 0 Å². The van der Waals surface area contributed by atoms with Gasteiger partial charge in [0.05, 0.1) is 6.16 Å². The standard InChI is InChI=1S/C4H11NO7P2/c6-4(3-14(10,11)12)5-1-2-13(7,8)9/h1-3H2,(H,5,6)(H2,7,8,9)(H2,10,11,12)/p-4. The quantitative estimate of drug-likeness (QED) is 0.481. The van der Waals surface area contributed by atoms with Crippen LogP contribution in [0.4, 0.5) is 0 Å². The average molecular weight is 243 g/mol. The number of amides is 1. The fourth-order valence-electron chi connectivity index (χ4n) is 0.564. The van der Waals surface area contributed by atoms with Gasteiger partial charge in [-0.25, -0.2) is 0 Å². The van der Waals surface area contributed by atoms with Crippen molar-refractivity contribution in [2.75, 3.05) is 18.9 Å². The van der Waals surface area contributed by atoms with E-state index in [2.05, 4.69) is 0 Å². The molecule has 0 aliphatic carbocycles. The number of carbonyl (C=O) groups is 1. The second-order valence-electron chi connectivity index (χ2n) is 2.45. The van der Waals surface area contributed by atoms with Crippen LogP contribution in [0.15, 0.2) is 0 Å². The van der Waals surface area contributed by atoms with Gasteiger partial charge >= 0.3 is 0 Å². The lowest BCUT2D eigenvalue weighted by atomic mass is 10.6. The Morgan fingerprint density at radius 3 is 1.93 bits per heavy atom. The van der Waals surface area contributed by atoms with Gasteiger partial charge in [0.2, 0.25) is 5.91 Å². The summed E-state index contributed by atoms with van der Waals surface area (Å²) in [5, 5.41) is 1.81. The summed E-state index contributed by atoms with van der Waals surface area (Å²) in [6.45, 7) is -0.497. The molecule has 1 amide bonds. The largest absolute Gasteiger partial charge is 0.811 e. The average Bonchev–Trinajstić information content (AvgIpc) is 1.78. The summed E-state index contributed by atoms with van der Waals surface area (Å²) in [7, 11) is -9.65. The molecule has 0 heterocycles. The second kappa shape index (κ2) is 5.02. The van der Waals surface area contributed by atoms with Gasteiger partial charge in [-0.15, -0.1) is 0 Å². The van der Waals surface area contributed by atoms with Gasteiger partial charge in [0.15, 0.2) is 0 Å². The topological polar surface area (TPSA) is 155 Å². The van der Waals surface area contributed by atoms with Crippen LogP contribution in [0.5, 0.6) is 0 Å². The number of rotatable bonds is 5. The second-order valence-corrected chi connectivity index (χ2v) is 5.66. The Morgan fingerprint density at radius 1 is 1.07 bits per heavy atom. The van der Waals surface area contributed by atoms with E-state index in [0.29, 0.717) is 0 Å². The molecule has 0 bridgehead atoms. The first-order valence-electron chi connectivity index (χ1n) is 3.39. The Labute approximate surface area is 79.6 Å². The molecule has 8 nitrogen and oxygen atoms in total. The van der Waals surface area contributed by atoms with Crippen molar-refractivity contribution in [1.29, 1.82) is 0 Å². The predicted octanol–water partition coefficient (Wildman–Crippen LogP) is -4.07. The molecule has 0 unspecified atom stereocenters. The van der Waals surface area contributed by atoms with Gasteiger partial charge in [0, 0.05) is 6.54 Å². The summed E-state index contributed by atoms with van der Waals surface area (Å²) < 4.78 is 20.1. The van der Waals surface area contributed by atoms with E-state index in [1.54, 1.807) is 0 Å². The van der Waals surface area contributed by atoms with E-state index in [1.165, 1.54) is 0 Å². The lowest BCUT2D eigenvalue weighted by molar-refractivity contribution is -0.314. The van der Waals surface area contributed by atoms with Gasteiger partial charge < -0.3 is 34.0 Å². The van der Waals surface area contributed by atoms with Crippen LogP contribution >= 0.6 is 15.2 Å². The van der Waals surface area contributed by atoms with Crippen LogP contribution in [0.1, 0.15) is 0 Å². The summed E-state index contributed by atoms with van der Waals surface area (Å²) >= 11 is 0. The number of carbonyl (C=O) groups excluding carboxylic acids is 1. The van der Waals surface area contributed by atoms with Crippen molar-refractivity contribution in [3.8, 4) is 0 Å². The third-order valence-corrected chi connectivity index (χ3v) is 2.49. The molecule has 0 spiro atoms. The molecule has 10 heteroatoms.